The lowest BCUT2D eigenvalue weighted by Gasteiger charge is -2.29. The SMILES string of the molecule is CC(C)(C)OC(=O)N1CC=C(c2ccc(C(=O)O)c(C(F)(F)F)c2)CC1. The van der Waals surface area contributed by atoms with Gasteiger partial charge in [0.25, 0.3) is 0 Å². The van der Waals surface area contributed by atoms with E-state index in [0.29, 0.717) is 24.1 Å². The Balaban J connectivity index is 2.23. The van der Waals surface area contributed by atoms with Gasteiger partial charge in [0.05, 0.1) is 11.1 Å². The van der Waals surface area contributed by atoms with Gasteiger partial charge in [0, 0.05) is 13.1 Å². The number of carboxylic acids is 1. The lowest BCUT2D eigenvalue weighted by Crippen LogP contribution is -2.39. The molecule has 0 fully saturated rings. The van der Waals surface area contributed by atoms with Crippen LogP contribution in [0.3, 0.4) is 0 Å². The fourth-order valence-electron chi connectivity index (χ4n) is 2.59. The third-order valence-corrected chi connectivity index (χ3v) is 3.79. The van der Waals surface area contributed by atoms with Crippen LogP contribution < -0.4 is 0 Å². The van der Waals surface area contributed by atoms with E-state index in [1.54, 1.807) is 26.8 Å². The molecule has 2 rings (SSSR count). The van der Waals surface area contributed by atoms with E-state index in [2.05, 4.69) is 0 Å². The topological polar surface area (TPSA) is 66.8 Å². The molecule has 0 bridgehead atoms. The van der Waals surface area contributed by atoms with Crippen LogP contribution in [0.15, 0.2) is 24.3 Å². The Morgan fingerprint density at radius 3 is 2.31 bits per heavy atom. The molecule has 0 aromatic heterocycles. The van der Waals surface area contributed by atoms with Crippen LogP contribution in [0.4, 0.5) is 18.0 Å². The normalized spacial score (nSPS) is 15.5. The maximum Gasteiger partial charge on any atom is 0.417 e. The van der Waals surface area contributed by atoms with Crippen molar-refractivity contribution in [3.63, 3.8) is 0 Å². The van der Waals surface area contributed by atoms with Crippen molar-refractivity contribution in [2.45, 2.75) is 39.0 Å². The summed E-state index contributed by atoms with van der Waals surface area (Å²) in [6.45, 7) is 5.77. The smallest absolute Gasteiger partial charge is 0.417 e. The molecule has 1 amide bonds. The van der Waals surface area contributed by atoms with Crippen molar-refractivity contribution in [3.8, 4) is 0 Å². The molecule has 0 spiro atoms. The lowest BCUT2D eigenvalue weighted by atomic mass is 9.95. The number of benzene rings is 1. The highest BCUT2D eigenvalue weighted by molar-refractivity contribution is 5.90. The summed E-state index contributed by atoms with van der Waals surface area (Å²) in [7, 11) is 0. The van der Waals surface area contributed by atoms with Crippen LogP contribution in [0.5, 0.6) is 0 Å². The van der Waals surface area contributed by atoms with E-state index in [0.717, 1.165) is 12.1 Å². The lowest BCUT2D eigenvalue weighted by molar-refractivity contribution is -0.138. The molecule has 1 heterocycles. The highest BCUT2D eigenvalue weighted by Crippen LogP contribution is 2.35. The molecule has 142 valence electrons. The van der Waals surface area contributed by atoms with Crippen LogP contribution in [0.2, 0.25) is 0 Å². The number of halogens is 3. The Kier molecular flexibility index (Phi) is 5.34. The molecule has 1 N–H and O–H groups in total. The molecule has 8 heteroatoms. The van der Waals surface area contributed by atoms with E-state index in [9.17, 15) is 22.8 Å². The van der Waals surface area contributed by atoms with Crippen molar-refractivity contribution in [1.29, 1.82) is 0 Å². The van der Waals surface area contributed by atoms with Gasteiger partial charge < -0.3 is 14.7 Å². The van der Waals surface area contributed by atoms with E-state index < -0.39 is 35.0 Å². The van der Waals surface area contributed by atoms with E-state index in [1.165, 1.54) is 11.0 Å². The Labute approximate surface area is 149 Å². The highest BCUT2D eigenvalue weighted by Gasteiger charge is 2.36. The summed E-state index contributed by atoms with van der Waals surface area (Å²) in [6, 6.07) is 3.16. The van der Waals surface area contributed by atoms with Gasteiger partial charge in [0.1, 0.15) is 5.60 Å². The minimum absolute atomic E-state index is 0.215. The maximum absolute atomic E-state index is 13.1. The number of hydrogen-bond acceptors (Lipinski definition) is 3. The predicted molar refractivity (Wildman–Crippen MR) is 88.8 cm³/mol. The molecule has 1 aliphatic heterocycles. The van der Waals surface area contributed by atoms with E-state index >= 15 is 0 Å². The number of rotatable bonds is 2. The molecule has 0 atom stereocenters. The van der Waals surface area contributed by atoms with Gasteiger partial charge in [-0.3, -0.25) is 0 Å². The third-order valence-electron chi connectivity index (χ3n) is 3.79. The number of nitrogens with zero attached hydrogens (tertiary/aromatic N) is 1. The number of carbonyl (C=O) groups is 2. The average molecular weight is 371 g/mol. The summed E-state index contributed by atoms with van der Waals surface area (Å²) in [4.78, 5) is 24.5. The predicted octanol–water partition coefficient (Wildman–Crippen LogP) is 4.43. The number of amides is 1. The first-order valence-corrected chi connectivity index (χ1v) is 8.00. The van der Waals surface area contributed by atoms with Gasteiger partial charge in [0.2, 0.25) is 0 Å². The van der Waals surface area contributed by atoms with Crippen molar-refractivity contribution >= 4 is 17.6 Å². The highest BCUT2D eigenvalue weighted by atomic mass is 19.4. The molecule has 1 aliphatic rings. The minimum Gasteiger partial charge on any atom is -0.478 e. The number of aromatic carboxylic acids is 1. The molecule has 1 aromatic carbocycles. The number of alkyl halides is 3. The van der Waals surface area contributed by atoms with Crippen LogP contribution in [0.25, 0.3) is 5.57 Å². The Morgan fingerprint density at radius 1 is 1.19 bits per heavy atom. The van der Waals surface area contributed by atoms with Gasteiger partial charge in [-0.25, -0.2) is 9.59 Å². The molecule has 0 unspecified atom stereocenters. The Hall–Kier alpha value is -2.51. The van der Waals surface area contributed by atoms with Gasteiger partial charge in [-0.05, 0) is 50.5 Å². The Morgan fingerprint density at radius 2 is 1.85 bits per heavy atom. The molecule has 0 radical (unpaired) electrons. The molecule has 1 aromatic rings. The Bertz CT molecular complexity index is 748. The van der Waals surface area contributed by atoms with Crippen molar-refractivity contribution in [2.75, 3.05) is 13.1 Å². The summed E-state index contributed by atoms with van der Waals surface area (Å²) in [5.74, 6) is -1.63. The third kappa shape index (κ3) is 4.77. The van der Waals surface area contributed by atoms with E-state index in [4.69, 9.17) is 9.84 Å². The number of hydrogen-bond donors (Lipinski definition) is 1. The molecule has 26 heavy (non-hydrogen) atoms. The van der Waals surface area contributed by atoms with Crippen molar-refractivity contribution < 1.29 is 32.6 Å². The molecular formula is C18H20F3NO4. The molecule has 0 saturated heterocycles. The fourth-order valence-corrected chi connectivity index (χ4v) is 2.59. The first-order chi connectivity index (χ1) is 11.9. The molecule has 0 saturated carbocycles. The zero-order chi connectivity index (χ0) is 19.7. The largest absolute Gasteiger partial charge is 0.478 e. The summed E-state index contributed by atoms with van der Waals surface area (Å²) in [5, 5.41) is 8.95. The van der Waals surface area contributed by atoms with Crippen LogP contribution in [0, 0.1) is 0 Å². The van der Waals surface area contributed by atoms with Crippen molar-refractivity contribution in [3.05, 3.63) is 41.0 Å². The van der Waals surface area contributed by atoms with Crippen LogP contribution >= 0.6 is 0 Å². The number of carboxylic acid groups (broad SMARTS) is 1. The number of carbonyl (C=O) groups excluding carboxylic acids is 1. The molecule has 5 nitrogen and oxygen atoms in total. The quantitative estimate of drug-likeness (QED) is 0.835. The summed E-state index contributed by atoms with van der Waals surface area (Å²) >= 11 is 0. The maximum atomic E-state index is 13.1. The fraction of sp³-hybridized carbons (Fsp3) is 0.444. The molecular weight excluding hydrogens is 351 g/mol. The van der Waals surface area contributed by atoms with Gasteiger partial charge in [-0.15, -0.1) is 0 Å². The van der Waals surface area contributed by atoms with E-state index in [-0.39, 0.29) is 6.54 Å². The van der Waals surface area contributed by atoms with Gasteiger partial charge >= 0.3 is 18.2 Å². The minimum atomic E-state index is -4.76. The zero-order valence-electron chi connectivity index (χ0n) is 14.7. The first kappa shape index (κ1) is 19.8. The second kappa shape index (κ2) is 7.01. The van der Waals surface area contributed by atoms with Gasteiger partial charge in [-0.1, -0.05) is 12.1 Å². The first-order valence-electron chi connectivity index (χ1n) is 8.00. The van der Waals surface area contributed by atoms with Crippen molar-refractivity contribution in [1.82, 2.24) is 4.90 Å². The second-order valence-corrected chi connectivity index (χ2v) is 6.97. The van der Waals surface area contributed by atoms with Crippen LogP contribution in [-0.2, 0) is 10.9 Å². The van der Waals surface area contributed by atoms with Crippen LogP contribution in [-0.4, -0.2) is 40.8 Å². The van der Waals surface area contributed by atoms with Gasteiger partial charge in [-0.2, -0.15) is 13.2 Å². The summed E-state index contributed by atoms with van der Waals surface area (Å²) < 4.78 is 44.7. The summed E-state index contributed by atoms with van der Waals surface area (Å²) in [5.41, 5.74) is -1.67. The van der Waals surface area contributed by atoms with E-state index in [1.807, 2.05) is 0 Å². The van der Waals surface area contributed by atoms with Gasteiger partial charge in [0.15, 0.2) is 0 Å². The molecule has 0 aliphatic carbocycles. The second-order valence-electron chi connectivity index (χ2n) is 6.97. The van der Waals surface area contributed by atoms with Crippen LogP contribution in [0.1, 0.15) is 48.7 Å². The zero-order valence-corrected chi connectivity index (χ0v) is 14.7. The summed E-state index contributed by atoms with van der Waals surface area (Å²) in [6.07, 6.45) is -3.24. The average Bonchev–Trinajstić information content (AvgIpc) is 2.52. The monoisotopic (exact) mass is 371 g/mol. The van der Waals surface area contributed by atoms with Crippen molar-refractivity contribution in [2.24, 2.45) is 0 Å². The standard InChI is InChI=1S/C18H20F3NO4/c1-17(2,3)26-16(25)22-8-6-11(7-9-22)12-4-5-13(15(23)24)14(10-12)18(19,20)21/h4-6,10H,7-9H2,1-3H3,(H,23,24). The number of ether oxygens (including phenoxy) is 1.